The maximum atomic E-state index is 13.6. The molecule has 2 aromatic carbocycles. The lowest BCUT2D eigenvalue weighted by atomic mass is 10.0. The number of benzene rings is 2. The lowest BCUT2D eigenvalue weighted by Gasteiger charge is -2.29. The number of fused-ring (bicyclic) bond motifs is 1. The van der Waals surface area contributed by atoms with Crippen molar-refractivity contribution in [1.82, 2.24) is 15.3 Å². The smallest absolute Gasteiger partial charge is 0.193 e. The van der Waals surface area contributed by atoms with Gasteiger partial charge in [0, 0.05) is 31.7 Å². The average molecular weight is 422 g/mol. The Morgan fingerprint density at radius 2 is 1.87 bits per heavy atom. The van der Waals surface area contributed by atoms with Gasteiger partial charge < -0.3 is 29.8 Å². The van der Waals surface area contributed by atoms with E-state index in [4.69, 9.17) is 9.47 Å². The van der Waals surface area contributed by atoms with Crippen molar-refractivity contribution in [2.45, 2.75) is 25.5 Å². The second-order valence-electron chi connectivity index (χ2n) is 7.48. The highest BCUT2D eigenvalue weighted by atomic mass is 16.5. The van der Waals surface area contributed by atoms with E-state index in [9.17, 15) is 9.90 Å². The Morgan fingerprint density at radius 1 is 1.19 bits per heavy atom. The Bertz CT molecular complexity index is 1100. The minimum atomic E-state index is -0.669. The molecule has 0 bridgehead atoms. The van der Waals surface area contributed by atoms with Gasteiger partial charge in [0.15, 0.2) is 5.78 Å². The molecular weight excluding hydrogens is 396 g/mol. The number of hydrogen-bond donors (Lipinski definition) is 3. The number of Topliss-reactive ketones (excluding diaryl/α,β-unsaturated/α-hetero) is 1. The number of hydrogen-bond acceptors (Lipinski definition) is 7. The van der Waals surface area contributed by atoms with Crippen molar-refractivity contribution >= 4 is 28.1 Å². The lowest BCUT2D eigenvalue weighted by Crippen LogP contribution is -2.39. The Labute approximate surface area is 180 Å². The zero-order valence-corrected chi connectivity index (χ0v) is 18.0. The van der Waals surface area contributed by atoms with Gasteiger partial charge >= 0.3 is 0 Å². The van der Waals surface area contributed by atoms with Gasteiger partial charge in [-0.15, -0.1) is 0 Å². The zero-order chi connectivity index (χ0) is 22.1. The Balaban J connectivity index is 1.90. The molecule has 0 saturated heterocycles. The molecule has 2 heterocycles. The van der Waals surface area contributed by atoms with Crippen molar-refractivity contribution in [3.63, 3.8) is 0 Å². The molecule has 0 fully saturated rings. The summed E-state index contributed by atoms with van der Waals surface area (Å²) in [6.07, 6.45) is -0.412. The number of rotatable bonds is 7. The highest BCUT2D eigenvalue weighted by Crippen LogP contribution is 2.39. The molecule has 2 unspecified atom stereocenters. The summed E-state index contributed by atoms with van der Waals surface area (Å²) in [6, 6.07) is 12.5. The molecular formula is C23H26N4O4. The molecule has 0 radical (unpaired) electrons. The number of H-pyrrole nitrogens is 1. The van der Waals surface area contributed by atoms with E-state index in [2.05, 4.69) is 15.3 Å². The van der Waals surface area contributed by atoms with Crippen LogP contribution in [0.3, 0.4) is 0 Å². The van der Waals surface area contributed by atoms with Gasteiger partial charge in [-0.2, -0.15) is 0 Å². The first kappa shape index (κ1) is 20.7. The number of anilines is 1. The van der Waals surface area contributed by atoms with Crippen LogP contribution in [-0.2, 0) is 4.79 Å². The lowest BCUT2D eigenvalue weighted by molar-refractivity contribution is -0.115. The number of nitrogens with zero attached hydrogens (tertiary/aromatic N) is 2. The molecule has 3 N–H and O–H groups in total. The van der Waals surface area contributed by atoms with Gasteiger partial charge in [0.25, 0.3) is 0 Å². The van der Waals surface area contributed by atoms with Gasteiger partial charge in [-0.05, 0) is 19.1 Å². The number of imidazole rings is 1. The fraction of sp³-hybridized carbons (Fsp3) is 0.304. The normalized spacial score (nSPS) is 17.4. The molecule has 8 heteroatoms. The molecule has 1 aliphatic heterocycles. The second-order valence-corrected chi connectivity index (χ2v) is 7.48. The van der Waals surface area contributed by atoms with Crippen LogP contribution in [-0.4, -0.2) is 54.3 Å². The molecule has 31 heavy (non-hydrogen) atoms. The first-order valence-corrected chi connectivity index (χ1v) is 10.1. The number of aliphatic hydroxyl groups is 1. The van der Waals surface area contributed by atoms with Crippen LogP contribution in [0.25, 0.3) is 16.6 Å². The molecule has 0 aliphatic carbocycles. The van der Waals surface area contributed by atoms with Crippen molar-refractivity contribution in [2.75, 3.05) is 26.2 Å². The van der Waals surface area contributed by atoms with E-state index < -0.39 is 12.1 Å². The number of aromatic nitrogens is 2. The number of aliphatic hydroxyl groups excluding tert-OH is 1. The SMILES string of the molecule is CNC1=C(c2nc3ccccc3[nH]2)C(=O)C(CC(C)O)N1c1cc(OC)cc(OC)c1. The summed E-state index contributed by atoms with van der Waals surface area (Å²) in [5.41, 5.74) is 2.79. The summed E-state index contributed by atoms with van der Waals surface area (Å²) >= 11 is 0. The van der Waals surface area contributed by atoms with E-state index in [1.807, 2.05) is 41.3 Å². The van der Waals surface area contributed by atoms with E-state index in [0.717, 1.165) is 11.0 Å². The maximum absolute atomic E-state index is 13.6. The first-order valence-electron chi connectivity index (χ1n) is 10.1. The molecule has 0 amide bonds. The molecule has 0 spiro atoms. The third-order valence-corrected chi connectivity index (χ3v) is 5.38. The quantitative estimate of drug-likeness (QED) is 0.538. The molecule has 162 valence electrons. The van der Waals surface area contributed by atoms with Crippen LogP contribution < -0.4 is 19.7 Å². The number of methoxy groups -OCH3 is 2. The number of ether oxygens (including phenoxy) is 2. The maximum Gasteiger partial charge on any atom is 0.193 e. The Morgan fingerprint density at radius 3 is 2.45 bits per heavy atom. The van der Waals surface area contributed by atoms with Crippen LogP contribution in [0.4, 0.5) is 5.69 Å². The van der Waals surface area contributed by atoms with E-state index in [1.165, 1.54) is 0 Å². The fourth-order valence-corrected chi connectivity index (χ4v) is 4.00. The third-order valence-electron chi connectivity index (χ3n) is 5.38. The molecule has 1 aromatic heterocycles. The van der Waals surface area contributed by atoms with Crippen LogP contribution in [0.15, 0.2) is 48.3 Å². The van der Waals surface area contributed by atoms with Crippen LogP contribution in [0.1, 0.15) is 19.2 Å². The van der Waals surface area contributed by atoms with Crippen molar-refractivity contribution in [3.8, 4) is 11.5 Å². The van der Waals surface area contributed by atoms with Crippen LogP contribution in [0.2, 0.25) is 0 Å². The minimum absolute atomic E-state index is 0.119. The number of carbonyl (C=O) groups is 1. The average Bonchev–Trinajstić information content (AvgIpc) is 3.31. The van der Waals surface area contributed by atoms with Gasteiger partial charge in [0.2, 0.25) is 0 Å². The summed E-state index contributed by atoms with van der Waals surface area (Å²) in [5.74, 6) is 2.18. The number of aromatic amines is 1. The van der Waals surface area contributed by atoms with Crippen LogP contribution in [0, 0.1) is 0 Å². The zero-order valence-electron chi connectivity index (χ0n) is 18.0. The van der Waals surface area contributed by atoms with Crippen molar-refractivity contribution in [3.05, 3.63) is 54.1 Å². The second kappa shape index (κ2) is 8.31. The standard InChI is InChI=1S/C23H26N4O4/c1-13(28)9-19-21(29)20(22-25-17-7-5-6-8-18(17)26-22)23(24-2)27(19)14-10-15(30-3)12-16(11-14)31-4/h5-8,10-13,19,24,28H,9H2,1-4H3,(H,25,26). The van der Waals surface area contributed by atoms with Crippen molar-refractivity contribution in [2.24, 2.45) is 0 Å². The number of ketones is 1. The summed E-state index contributed by atoms with van der Waals surface area (Å²) in [6.45, 7) is 1.68. The summed E-state index contributed by atoms with van der Waals surface area (Å²) in [7, 11) is 4.92. The predicted molar refractivity (Wildman–Crippen MR) is 119 cm³/mol. The number of carbonyl (C=O) groups excluding carboxylic acids is 1. The van der Waals surface area contributed by atoms with Gasteiger partial charge in [0.05, 0.1) is 37.0 Å². The summed E-state index contributed by atoms with van der Waals surface area (Å²) in [4.78, 5) is 23.4. The third kappa shape index (κ3) is 3.70. The van der Waals surface area contributed by atoms with E-state index in [0.29, 0.717) is 34.4 Å². The largest absolute Gasteiger partial charge is 0.497 e. The van der Waals surface area contributed by atoms with Gasteiger partial charge in [0.1, 0.15) is 34.8 Å². The number of nitrogens with one attached hydrogen (secondary N) is 2. The highest BCUT2D eigenvalue weighted by molar-refractivity contribution is 6.28. The molecule has 8 nitrogen and oxygen atoms in total. The highest BCUT2D eigenvalue weighted by Gasteiger charge is 2.42. The summed E-state index contributed by atoms with van der Waals surface area (Å²) < 4.78 is 10.8. The van der Waals surface area contributed by atoms with E-state index >= 15 is 0 Å². The van der Waals surface area contributed by atoms with Crippen LogP contribution >= 0.6 is 0 Å². The van der Waals surface area contributed by atoms with Crippen molar-refractivity contribution in [1.29, 1.82) is 0 Å². The molecule has 1 aliphatic rings. The van der Waals surface area contributed by atoms with E-state index in [-0.39, 0.29) is 12.2 Å². The topological polar surface area (TPSA) is 99.7 Å². The molecule has 4 rings (SSSR count). The Hall–Kier alpha value is -3.52. The number of para-hydroxylation sites is 2. The first-order chi connectivity index (χ1) is 15.0. The van der Waals surface area contributed by atoms with Crippen LogP contribution in [0.5, 0.6) is 11.5 Å². The van der Waals surface area contributed by atoms with Gasteiger partial charge in [-0.3, -0.25) is 4.79 Å². The molecule has 0 saturated carbocycles. The minimum Gasteiger partial charge on any atom is -0.497 e. The summed E-state index contributed by atoms with van der Waals surface area (Å²) in [5, 5.41) is 13.3. The van der Waals surface area contributed by atoms with Gasteiger partial charge in [-0.25, -0.2) is 4.98 Å². The van der Waals surface area contributed by atoms with Gasteiger partial charge in [-0.1, -0.05) is 12.1 Å². The molecule has 3 aromatic rings. The monoisotopic (exact) mass is 422 g/mol. The van der Waals surface area contributed by atoms with E-state index in [1.54, 1.807) is 34.3 Å². The Kier molecular flexibility index (Phi) is 5.56. The molecule has 2 atom stereocenters. The van der Waals surface area contributed by atoms with Crippen molar-refractivity contribution < 1.29 is 19.4 Å². The fourth-order valence-electron chi connectivity index (χ4n) is 4.00. The predicted octanol–water partition coefficient (Wildman–Crippen LogP) is 2.70.